The van der Waals surface area contributed by atoms with Crippen molar-refractivity contribution in [3.63, 3.8) is 0 Å². The molecule has 2 aromatic rings. The van der Waals surface area contributed by atoms with Gasteiger partial charge in [0, 0.05) is 11.3 Å². The zero-order valence-corrected chi connectivity index (χ0v) is 13.7. The highest BCUT2D eigenvalue weighted by molar-refractivity contribution is 7.92. The van der Waals surface area contributed by atoms with Crippen molar-refractivity contribution in [2.45, 2.75) is 29.7 Å². The normalized spacial score (nSPS) is 14.2. The largest absolute Gasteiger partial charge is 0.501 e. The van der Waals surface area contributed by atoms with E-state index in [1.165, 1.54) is 11.1 Å². The molecule has 4 nitrogen and oxygen atoms in total. The number of halogens is 3. The summed E-state index contributed by atoms with van der Waals surface area (Å²) in [6, 6.07) is 9.26. The topological polar surface area (TPSA) is 63.2 Å². The van der Waals surface area contributed by atoms with E-state index in [1.807, 2.05) is 12.1 Å². The van der Waals surface area contributed by atoms with Crippen LogP contribution in [0.15, 0.2) is 47.4 Å². The van der Waals surface area contributed by atoms with Gasteiger partial charge in [-0.3, -0.25) is 4.79 Å². The number of carbonyl (C=O) groups is 1. The number of amides is 1. The zero-order chi connectivity index (χ0) is 18.2. The SMILES string of the molecule is O=C(Nc1ccc2c(c1)CCC2)c1ccc(S(=O)(=O)C(F)(F)F)cc1. The van der Waals surface area contributed by atoms with Gasteiger partial charge in [0.1, 0.15) is 0 Å². The van der Waals surface area contributed by atoms with Crippen molar-refractivity contribution < 1.29 is 26.4 Å². The molecule has 0 saturated heterocycles. The molecule has 0 aromatic heterocycles. The molecule has 0 fully saturated rings. The quantitative estimate of drug-likeness (QED) is 0.897. The van der Waals surface area contributed by atoms with Crippen LogP contribution in [0, 0.1) is 0 Å². The van der Waals surface area contributed by atoms with E-state index in [9.17, 15) is 26.4 Å². The molecule has 0 atom stereocenters. The summed E-state index contributed by atoms with van der Waals surface area (Å²) in [5, 5.41) is 2.67. The van der Waals surface area contributed by atoms with Crippen molar-refractivity contribution >= 4 is 21.4 Å². The summed E-state index contributed by atoms with van der Waals surface area (Å²) in [5.74, 6) is -0.520. The Bertz CT molecular complexity index is 919. The second-order valence-corrected chi connectivity index (χ2v) is 7.71. The smallest absolute Gasteiger partial charge is 0.322 e. The van der Waals surface area contributed by atoms with E-state index in [0.29, 0.717) is 5.69 Å². The number of alkyl halides is 3. The highest BCUT2D eigenvalue weighted by Crippen LogP contribution is 2.30. The number of carbonyl (C=O) groups excluding carboxylic acids is 1. The summed E-state index contributed by atoms with van der Waals surface area (Å²) in [5.41, 5.74) is -2.29. The Morgan fingerprint density at radius 3 is 2.24 bits per heavy atom. The zero-order valence-electron chi connectivity index (χ0n) is 12.9. The molecule has 0 aliphatic heterocycles. The number of hydrogen-bond acceptors (Lipinski definition) is 3. The minimum absolute atomic E-state index is 0.0709. The van der Waals surface area contributed by atoms with Crippen molar-refractivity contribution in [2.75, 3.05) is 5.32 Å². The van der Waals surface area contributed by atoms with Crippen LogP contribution in [0.3, 0.4) is 0 Å². The van der Waals surface area contributed by atoms with Gasteiger partial charge in [-0.2, -0.15) is 13.2 Å². The first kappa shape index (κ1) is 17.5. The van der Waals surface area contributed by atoms with Crippen molar-refractivity contribution in [2.24, 2.45) is 0 Å². The van der Waals surface area contributed by atoms with E-state index in [0.717, 1.165) is 43.5 Å². The predicted molar refractivity (Wildman–Crippen MR) is 86.1 cm³/mol. The Morgan fingerprint density at radius 2 is 1.60 bits per heavy atom. The van der Waals surface area contributed by atoms with Crippen LogP contribution >= 0.6 is 0 Å². The van der Waals surface area contributed by atoms with Crippen molar-refractivity contribution in [3.8, 4) is 0 Å². The molecule has 25 heavy (non-hydrogen) atoms. The number of sulfone groups is 1. The van der Waals surface area contributed by atoms with Gasteiger partial charge in [0.15, 0.2) is 0 Å². The van der Waals surface area contributed by atoms with Crippen LogP contribution in [-0.4, -0.2) is 19.8 Å². The lowest BCUT2D eigenvalue weighted by molar-refractivity contribution is -0.0436. The molecule has 1 amide bonds. The second-order valence-electron chi connectivity index (χ2n) is 5.76. The summed E-state index contributed by atoms with van der Waals surface area (Å²) >= 11 is 0. The first-order valence-electron chi connectivity index (χ1n) is 7.53. The third kappa shape index (κ3) is 3.39. The molecule has 132 valence electrons. The Hall–Kier alpha value is -2.35. The number of rotatable bonds is 3. The van der Waals surface area contributed by atoms with Crippen molar-refractivity contribution in [3.05, 3.63) is 59.2 Å². The minimum atomic E-state index is -5.42. The second kappa shape index (κ2) is 6.18. The maximum atomic E-state index is 12.5. The monoisotopic (exact) mass is 369 g/mol. The van der Waals surface area contributed by atoms with Gasteiger partial charge < -0.3 is 5.32 Å². The number of benzene rings is 2. The van der Waals surface area contributed by atoms with E-state index in [-0.39, 0.29) is 5.56 Å². The van der Waals surface area contributed by atoms with Gasteiger partial charge in [0.05, 0.1) is 4.90 Å². The fourth-order valence-corrected chi connectivity index (χ4v) is 3.53. The van der Waals surface area contributed by atoms with Crippen LogP contribution in [0.5, 0.6) is 0 Å². The minimum Gasteiger partial charge on any atom is -0.322 e. The van der Waals surface area contributed by atoms with Crippen LogP contribution in [0.4, 0.5) is 18.9 Å². The Labute approximate surface area is 142 Å². The number of anilines is 1. The standard InChI is InChI=1S/C17H14F3NO3S/c18-17(19,20)25(23,24)15-8-5-12(6-9-15)16(22)21-14-7-4-11-2-1-3-13(11)10-14/h4-10H,1-3H2,(H,21,22). The van der Waals surface area contributed by atoms with Crippen LogP contribution in [0.1, 0.15) is 27.9 Å². The first-order chi connectivity index (χ1) is 11.7. The van der Waals surface area contributed by atoms with E-state index >= 15 is 0 Å². The highest BCUT2D eigenvalue weighted by atomic mass is 32.2. The number of aryl methyl sites for hydroxylation is 2. The summed E-state index contributed by atoms with van der Waals surface area (Å²) < 4.78 is 60.1. The number of nitrogens with one attached hydrogen (secondary N) is 1. The molecule has 0 heterocycles. The average molecular weight is 369 g/mol. The van der Waals surface area contributed by atoms with E-state index < -0.39 is 26.1 Å². The third-order valence-corrected chi connectivity index (χ3v) is 5.59. The molecule has 0 spiro atoms. The molecule has 0 unspecified atom stereocenters. The molecule has 1 aliphatic rings. The van der Waals surface area contributed by atoms with E-state index in [2.05, 4.69) is 5.32 Å². The Kier molecular flexibility index (Phi) is 4.32. The van der Waals surface area contributed by atoms with Gasteiger partial charge in [-0.15, -0.1) is 0 Å². The van der Waals surface area contributed by atoms with Gasteiger partial charge >= 0.3 is 5.51 Å². The van der Waals surface area contributed by atoms with Gasteiger partial charge in [-0.25, -0.2) is 8.42 Å². The molecule has 8 heteroatoms. The number of fused-ring (bicyclic) bond motifs is 1. The maximum absolute atomic E-state index is 12.5. The average Bonchev–Trinajstić information content (AvgIpc) is 3.01. The lowest BCUT2D eigenvalue weighted by Gasteiger charge is -2.10. The molecule has 0 saturated carbocycles. The lowest BCUT2D eigenvalue weighted by Crippen LogP contribution is -2.23. The fraction of sp³-hybridized carbons (Fsp3) is 0.235. The van der Waals surface area contributed by atoms with Gasteiger partial charge in [-0.05, 0) is 66.8 Å². The van der Waals surface area contributed by atoms with Crippen LogP contribution in [-0.2, 0) is 22.7 Å². The summed E-state index contributed by atoms with van der Waals surface area (Å²) in [6.07, 6.45) is 3.03. The Morgan fingerprint density at radius 1 is 0.960 bits per heavy atom. The molecule has 0 radical (unpaired) electrons. The molecule has 3 rings (SSSR count). The van der Waals surface area contributed by atoms with Gasteiger partial charge in [-0.1, -0.05) is 6.07 Å². The van der Waals surface area contributed by atoms with Gasteiger partial charge in [0.25, 0.3) is 15.7 Å². The van der Waals surface area contributed by atoms with Crippen molar-refractivity contribution in [1.29, 1.82) is 0 Å². The summed E-state index contributed by atoms with van der Waals surface area (Å²) in [6.45, 7) is 0. The molecule has 2 aromatic carbocycles. The summed E-state index contributed by atoms with van der Waals surface area (Å²) in [7, 11) is -5.42. The van der Waals surface area contributed by atoms with Crippen LogP contribution in [0.2, 0.25) is 0 Å². The molecule has 1 aliphatic carbocycles. The first-order valence-corrected chi connectivity index (χ1v) is 9.01. The Balaban J connectivity index is 1.77. The molecule has 1 N–H and O–H groups in total. The van der Waals surface area contributed by atoms with E-state index in [4.69, 9.17) is 0 Å². The third-order valence-electron chi connectivity index (χ3n) is 4.09. The molecule has 0 bridgehead atoms. The molecular formula is C17H14F3NO3S. The lowest BCUT2D eigenvalue weighted by atomic mass is 10.1. The summed E-state index contributed by atoms with van der Waals surface area (Å²) in [4.78, 5) is 11.3. The van der Waals surface area contributed by atoms with E-state index in [1.54, 1.807) is 6.07 Å². The predicted octanol–water partition coefficient (Wildman–Crippen LogP) is 3.72. The van der Waals surface area contributed by atoms with Crippen LogP contribution in [0.25, 0.3) is 0 Å². The van der Waals surface area contributed by atoms with Crippen LogP contribution < -0.4 is 5.32 Å². The fourth-order valence-electron chi connectivity index (χ4n) is 2.77. The molecular weight excluding hydrogens is 355 g/mol. The van der Waals surface area contributed by atoms with Crippen molar-refractivity contribution in [1.82, 2.24) is 0 Å². The highest BCUT2D eigenvalue weighted by Gasteiger charge is 2.46. The van der Waals surface area contributed by atoms with Gasteiger partial charge in [0.2, 0.25) is 0 Å². The number of hydrogen-bond donors (Lipinski definition) is 1. The maximum Gasteiger partial charge on any atom is 0.501 e.